The second kappa shape index (κ2) is 7.88. The Balaban J connectivity index is 1.41. The summed E-state index contributed by atoms with van der Waals surface area (Å²) in [5.41, 5.74) is 2.73. The van der Waals surface area contributed by atoms with Gasteiger partial charge in [0.2, 0.25) is 5.91 Å². The standard InChI is InChI=1S/C23H20N2O3/c1-27-21-8-4-5-9-22(21)28-18-12-10-17(11-13-18)25-23(26)14-16-15-24-20-7-3-2-6-19(16)20/h2-13,15,24H,14H2,1H3,(H,25,26). The molecule has 0 saturated carbocycles. The minimum Gasteiger partial charge on any atom is -0.493 e. The topological polar surface area (TPSA) is 63.4 Å². The van der Waals surface area contributed by atoms with Crippen molar-refractivity contribution >= 4 is 22.5 Å². The number of hydrogen-bond donors (Lipinski definition) is 2. The molecular formula is C23H20N2O3. The fourth-order valence-electron chi connectivity index (χ4n) is 3.09. The first kappa shape index (κ1) is 17.7. The third-order valence-corrected chi connectivity index (χ3v) is 4.46. The maximum Gasteiger partial charge on any atom is 0.228 e. The average molecular weight is 372 g/mol. The van der Waals surface area contributed by atoms with Gasteiger partial charge >= 0.3 is 0 Å². The van der Waals surface area contributed by atoms with Crippen LogP contribution in [0.3, 0.4) is 0 Å². The van der Waals surface area contributed by atoms with Crippen LogP contribution in [0.5, 0.6) is 17.2 Å². The van der Waals surface area contributed by atoms with E-state index in [1.165, 1.54) is 0 Å². The molecular weight excluding hydrogens is 352 g/mol. The van der Waals surface area contributed by atoms with E-state index in [0.717, 1.165) is 22.2 Å². The number of benzene rings is 3. The number of hydrogen-bond acceptors (Lipinski definition) is 3. The number of methoxy groups -OCH3 is 1. The van der Waals surface area contributed by atoms with Crippen molar-refractivity contribution in [1.82, 2.24) is 4.98 Å². The molecule has 140 valence electrons. The molecule has 0 atom stereocenters. The van der Waals surface area contributed by atoms with Crippen LogP contribution >= 0.6 is 0 Å². The van der Waals surface area contributed by atoms with Crippen molar-refractivity contribution in [3.8, 4) is 17.2 Å². The van der Waals surface area contributed by atoms with Crippen LogP contribution in [0.2, 0.25) is 0 Å². The molecule has 4 rings (SSSR count). The smallest absolute Gasteiger partial charge is 0.228 e. The van der Waals surface area contributed by atoms with E-state index < -0.39 is 0 Å². The average Bonchev–Trinajstić information content (AvgIpc) is 3.13. The Kier molecular flexibility index (Phi) is 4.97. The van der Waals surface area contributed by atoms with Crippen molar-refractivity contribution in [2.24, 2.45) is 0 Å². The highest BCUT2D eigenvalue weighted by Gasteiger charge is 2.09. The zero-order valence-electron chi connectivity index (χ0n) is 15.4. The summed E-state index contributed by atoms with van der Waals surface area (Å²) < 4.78 is 11.1. The lowest BCUT2D eigenvalue weighted by molar-refractivity contribution is -0.115. The third kappa shape index (κ3) is 3.83. The number of para-hydroxylation sites is 3. The predicted molar refractivity (Wildman–Crippen MR) is 110 cm³/mol. The Morgan fingerprint density at radius 2 is 1.64 bits per heavy atom. The van der Waals surface area contributed by atoms with E-state index in [-0.39, 0.29) is 5.91 Å². The molecule has 0 unspecified atom stereocenters. The predicted octanol–water partition coefficient (Wildman–Crippen LogP) is 5.15. The van der Waals surface area contributed by atoms with Crippen molar-refractivity contribution < 1.29 is 14.3 Å². The Labute approximate surface area is 162 Å². The molecule has 1 amide bonds. The van der Waals surface area contributed by atoms with E-state index in [1.807, 2.05) is 79.0 Å². The van der Waals surface area contributed by atoms with Gasteiger partial charge in [-0.05, 0) is 48.0 Å². The van der Waals surface area contributed by atoms with Gasteiger partial charge in [0.05, 0.1) is 13.5 Å². The Bertz CT molecular complexity index is 1100. The summed E-state index contributed by atoms with van der Waals surface area (Å²) in [6.07, 6.45) is 2.19. The number of ether oxygens (including phenoxy) is 2. The van der Waals surface area contributed by atoms with Gasteiger partial charge in [-0.15, -0.1) is 0 Å². The summed E-state index contributed by atoms with van der Waals surface area (Å²) in [6, 6.07) is 22.7. The van der Waals surface area contributed by atoms with E-state index in [4.69, 9.17) is 9.47 Å². The third-order valence-electron chi connectivity index (χ3n) is 4.46. The molecule has 0 aliphatic heterocycles. The molecule has 0 aliphatic rings. The summed E-state index contributed by atoms with van der Waals surface area (Å²) in [5, 5.41) is 3.99. The van der Waals surface area contributed by atoms with Crippen molar-refractivity contribution in [1.29, 1.82) is 0 Å². The summed E-state index contributed by atoms with van der Waals surface area (Å²) >= 11 is 0. The van der Waals surface area contributed by atoms with Crippen molar-refractivity contribution in [2.75, 3.05) is 12.4 Å². The fourth-order valence-corrected chi connectivity index (χ4v) is 3.09. The van der Waals surface area contributed by atoms with Crippen molar-refractivity contribution in [3.63, 3.8) is 0 Å². The maximum atomic E-state index is 12.4. The minimum absolute atomic E-state index is 0.0665. The highest BCUT2D eigenvalue weighted by atomic mass is 16.5. The molecule has 0 bridgehead atoms. The van der Waals surface area contributed by atoms with Crippen LogP contribution in [0.25, 0.3) is 10.9 Å². The van der Waals surface area contributed by atoms with Crippen LogP contribution in [-0.2, 0) is 11.2 Å². The normalized spacial score (nSPS) is 10.6. The fraction of sp³-hybridized carbons (Fsp3) is 0.0870. The first-order valence-corrected chi connectivity index (χ1v) is 8.99. The summed E-state index contributed by atoms with van der Waals surface area (Å²) in [5.74, 6) is 1.90. The second-order valence-corrected chi connectivity index (χ2v) is 6.36. The lowest BCUT2D eigenvalue weighted by Gasteiger charge is -2.11. The number of nitrogens with one attached hydrogen (secondary N) is 2. The van der Waals surface area contributed by atoms with Crippen molar-refractivity contribution in [2.45, 2.75) is 6.42 Å². The molecule has 4 aromatic rings. The van der Waals surface area contributed by atoms with E-state index in [2.05, 4.69) is 10.3 Å². The number of aromatic nitrogens is 1. The first-order valence-electron chi connectivity index (χ1n) is 8.99. The van der Waals surface area contributed by atoms with Gasteiger partial charge in [-0.1, -0.05) is 30.3 Å². The number of aromatic amines is 1. The zero-order chi connectivity index (χ0) is 19.3. The number of carbonyl (C=O) groups excluding carboxylic acids is 1. The first-order chi connectivity index (χ1) is 13.7. The van der Waals surface area contributed by atoms with Crippen molar-refractivity contribution in [3.05, 3.63) is 84.6 Å². The van der Waals surface area contributed by atoms with Gasteiger partial charge in [0, 0.05) is 22.8 Å². The lowest BCUT2D eigenvalue weighted by atomic mass is 10.1. The quantitative estimate of drug-likeness (QED) is 0.492. The second-order valence-electron chi connectivity index (χ2n) is 6.36. The number of carbonyl (C=O) groups is 1. The lowest BCUT2D eigenvalue weighted by Crippen LogP contribution is -2.14. The van der Waals surface area contributed by atoms with Gasteiger partial charge in [-0.2, -0.15) is 0 Å². The molecule has 0 radical (unpaired) electrons. The SMILES string of the molecule is COc1ccccc1Oc1ccc(NC(=O)Cc2c[nH]c3ccccc23)cc1. The summed E-state index contributed by atoms with van der Waals surface area (Å²) in [6.45, 7) is 0. The molecule has 0 saturated heterocycles. The zero-order valence-corrected chi connectivity index (χ0v) is 15.4. The van der Waals surface area contributed by atoms with Gasteiger partial charge in [0.1, 0.15) is 5.75 Å². The number of anilines is 1. The molecule has 0 fully saturated rings. The molecule has 0 spiro atoms. The van der Waals surface area contributed by atoms with Crippen LogP contribution in [0.4, 0.5) is 5.69 Å². The number of fused-ring (bicyclic) bond motifs is 1. The molecule has 2 N–H and O–H groups in total. The Hall–Kier alpha value is -3.73. The largest absolute Gasteiger partial charge is 0.493 e. The Morgan fingerprint density at radius 3 is 2.43 bits per heavy atom. The highest BCUT2D eigenvalue weighted by Crippen LogP contribution is 2.31. The Morgan fingerprint density at radius 1 is 0.929 bits per heavy atom. The van der Waals surface area contributed by atoms with E-state index in [0.29, 0.717) is 23.7 Å². The number of rotatable bonds is 6. The van der Waals surface area contributed by atoms with Crippen LogP contribution in [0.15, 0.2) is 79.0 Å². The van der Waals surface area contributed by atoms with Crippen LogP contribution < -0.4 is 14.8 Å². The molecule has 28 heavy (non-hydrogen) atoms. The molecule has 5 nitrogen and oxygen atoms in total. The van der Waals surface area contributed by atoms with Crippen LogP contribution in [-0.4, -0.2) is 18.0 Å². The van der Waals surface area contributed by atoms with Gasteiger partial charge < -0.3 is 19.8 Å². The van der Waals surface area contributed by atoms with Gasteiger partial charge in [0.15, 0.2) is 11.5 Å². The van der Waals surface area contributed by atoms with E-state index in [9.17, 15) is 4.79 Å². The number of H-pyrrole nitrogens is 1. The molecule has 3 aromatic carbocycles. The molecule has 1 aromatic heterocycles. The van der Waals surface area contributed by atoms with Gasteiger partial charge in [-0.25, -0.2) is 0 Å². The molecule has 5 heteroatoms. The van der Waals surface area contributed by atoms with Gasteiger partial charge in [0.25, 0.3) is 0 Å². The molecule has 0 aliphatic carbocycles. The number of amides is 1. The summed E-state index contributed by atoms with van der Waals surface area (Å²) in [7, 11) is 1.61. The monoisotopic (exact) mass is 372 g/mol. The highest BCUT2D eigenvalue weighted by molar-refractivity contribution is 5.95. The summed E-state index contributed by atoms with van der Waals surface area (Å²) in [4.78, 5) is 15.6. The minimum atomic E-state index is -0.0665. The molecule has 1 heterocycles. The van der Waals surface area contributed by atoms with Crippen LogP contribution in [0, 0.1) is 0 Å². The van der Waals surface area contributed by atoms with E-state index >= 15 is 0 Å². The van der Waals surface area contributed by atoms with E-state index in [1.54, 1.807) is 7.11 Å². The van der Waals surface area contributed by atoms with Crippen LogP contribution in [0.1, 0.15) is 5.56 Å². The van der Waals surface area contributed by atoms with Gasteiger partial charge in [-0.3, -0.25) is 4.79 Å². The maximum absolute atomic E-state index is 12.4.